The zero-order valence-electron chi connectivity index (χ0n) is 13.0. The highest BCUT2D eigenvalue weighted by Crippen LogP contribution is 2.36. The summed E-state index contributed by atoms with van der Waals surface area (Å²) in [6.45, 7) is 3.92. The van der Waals surface area contributed by atoms with Crippen molar-refractivity contribution in [3.05, 3.63) is 56.5 Å². The Kier molecular flexibility index (Phi) is 4.67. The Bertz CT molecular complexity index is 931. The molecule has 0 spiro atoms. The molecule has 3 rings (SSSR count). The van der Waals surface area contributed by atoms with Gasteiger partial charge in [-0.1, -0.05) is 30.1 Å². The number of aromatic carboxylic acids is 1. The molecule has 124 valence electrons. The van der Waals surface area contributed by atoms with Gasteiger partial charge in [0, 0.05) is 10.6 Å². The molecule has 2 aromatic heterocycles. The minimum atomic E-state index is -1.05. The molecule has 0 bridgehead atoms. The van der Waals surface area contributed by atoms with E-state index in [1.807, 2.05) is 25.3 Å². The summed E-state index contributed by atoms with van der Waals surface area (Å²) in [6.07, 6.45) is 0.555. The normalized spacial score (nSPS) is 11.0. The maximum atomic E-state index is 11.6. The lowest BCUT2D eigenvalue weighted by atomic mass is 10.1. The number of aromatic nitrogens is 2. The SMILES string of the molecule is CCc1c(C(=O)O)nn(-c2ccc(Cl)cc2Cl)c1-c1cc(C)cs1. The third-order valence-corrected chi connectivity index (χ3v) is 5.23. The van der Waals surface area contributed by atoms with Crippen LogP contribution in [0.1, 0.15) is 28.5 Å². The van der Waals surface area contributed by atoms with E-state index in [2.05, 4.69) is 5.10 Å². The van der Waals surface area contributed by atoms with E-state index in [1.54, 1.807) is 34.2 Å². The van der Waals surface area contributed by atoms with Gasteiger partial charge in [-0.15, -0.1) is 11.3 Å². The molecule has 7 heteroatoms. The lowest BCUT2D eigenvalue weighted by Gasteiger charge is -2.09. The minimum Gasteiger partial charge on any atom is -0.476 e. The highest BCUT2D eigenvalue weighted by Gasteiger charge is 2.25. The van der Waals surface area contributed by atoms with Gasteiger partial charge < -0.3 is 5.11 Å². The van der Waals surface area contributed by atoms with E-state index in [0.717, 1.165) is 16.1 Å². The Morgan fingerprint density at radius 3 is 2.62 bits per heavy atom. The first kappa shape index (κ1) is 17.0. The number of aryl methyl sites for hydroxylation is 1. The zero-order valence-corrected chi connectivity index (χ0v) is 15.3. The number of hydrogen-bond acceptors (Lipinski definition) is 3. The molecule has 0 fully saturated rings. The van der Waals surface area contributed by atoms with E-state index >= 15 is 0 Å². The van der Waals surface area contributed by atoms with Crippen LogP contribution in [0.2, 0.25) is 10.0 Å². The minimum absolute atomic E-state index is 0.0459. The van der Waals surface area contributed by atoms with E-state index in [0.29, 0.717) is 27.7 Å². The van der Waals surface area contributed by atoms with Gasteiger partial charge in [-0.25, -0.2) is 9.48 Å². The van der Waals surface area contributed by atoms with Crippen molar-refractivity contribution in [3.8, 4) is 16.3 Å². The fourth-order valence-electron chi connectivity index (χ4n) is 2.59. The smallest absolute Gasteiger partial charge is 0.356 e. The third-order valence-electron chi connectivity index (χ3n) is 3.64. The summed E-state index contributed by atoms with van der Waals surface area (Å²) in [5.41, 5.74) is 3.21. The summed E-state index contributed by atoms with van der Waals surface area (Å²) in [7, 11) is 0. The van der Waals surface area contributed by atoms with Crippen LogP contribution < -0.4 is 0 Å². The van der Waals surface area contributed by atoms with E-state index in [4.69, 9.17) is 23.2 Å². The summed E-state index contributed by atoms with van der Waals surface area (Å²) in [5.74, 6) is -1.05. The first-order valence-corrected chi connectivity index (χ1v) is 8.92. The fourth-order valence-corrected chi connectivity index (χ4v) is 4.04. The number of benzene rings is 1. The molecule has 0 atom stereocenters. The Morgan fingerprint density at radius 1 is 1.33 bits per heavy atom. The van der Waals surface area contributed by atoms with Gasteiger partial charge >= 0.3 is 5.97 Å². The van der Waals surface area contributed by atoms with Gasteiger partial charge in [-0.2, -0.15) is 5.10 Å². The van der Waals surface area contributed by atoms with E-state index in [9.17, 15) is 9.90 Å². The molecule has 0 aliphatic carbocycles. The molecule has 4 nitrogen and oxygen atoms in total. The number of nitrogens with zero attached hydrogens (tertiary/aromatic N) is 2. The predicted octanol–water partition coefficient (Wildman–Crippen LogP) is 5.48. The number of carbonyl (C=O) groups is 1. The Morgan fingerprint density at radius 2 is 2.08 bits per heavy atom. The number of carboxylic acid groups (broad SMARTS) is 1. The lowest BCUT2D eigenvalue weighted by molar-refractivity contribution is 0.0689. The number of halogens is 2. The van der Waals surface area contributed by atoms with Crippen molar-refractivity contribution < 1.29 is 9.90 Å². The third kappa shape index (κ3) is 2.95. The number of rotatable bonds is 4. The quantitative estimate of drug-likeness (QED) is 0.651. The van der Waals surface area contributed by atoms with Crippen molar-refractivity contribution in [2.75, 3.05) is 0 Å². The molecule has 0 unspecified atom stereocenters. The fraction of sp³-hybridized carbons (Fsp3) is 0.176. The molecular formula is C17H14Cl2N2O2S. The highest BCUT2D eigenvalue weighted by molar-refractivity contribution is 7.13. The molecular weight excluding hydrogens is 367 g/mol. The van der Waals surface area contributed by atoms with Crippen molar-refractivity contribution in [3.63, 3.8) is 0 Å². The van der Waals surface area contributed by atoms with Crippen molar-refractivity contribution in [2.24, 2.45) is 0 Å². The molecule has 0 saturated heterocycles. The van der Waals surface area contributed by atoms with Crippen molar-refractivity contribution in [2.45, 2.75) is 20.3 Å². The van der Waals surface area contributed by atoms with Crippen molar-refractivity contribution in [1.29, 1.82) is 0 Å². The highest BCUT2D eigenvalue weighted by atomic mass is 35.5. The van der Waals surface area contributed by atoms with Gasteiger partial charge in [0.25, 0.3) is 0 Å². The average Bonchev–Trinajstić information content (AvgIpc) is 3.10. The van der Waals surface area contributed by atoms with Crippen LogP contribution in [-0.4, -0.2) is 20.9 Å². The van der Waals surface area contributed by atoms with Crippen LogP contribution >= 0.6 is 34.5 Å². The molecule has 2 heterocycles. The summed E-state index contributed by atoms with van der Waals surface area (Å²) in [4.78, 5) is 12.6. The summed E-state index contributed by atoms with van der Waals surface area (Å²) < 4.78 is 1.60. The van der Waals surface area contributed by atoms with Crippen LogP contribution in [0, 0.1) is 6.92 Å². The predicted molar refractivity (Wildman–Crippen MR) is 98.0 cm³/mol. The number of thiophene rings is 1. The molecule has 1 N–H and O–H groups in total. The van der Waals surface area contributed by atoms with Crippen LogP contribution in [-0.2, 0) is 6.42 Å². The summed E-state index contributed by atoms with van der Waals surface area (Å²) in [5, 5.41) is 16.8. The summed E-state index contributed by atoms with van der Waals surface area (Å²) >= 11 is 13.8. The average molecular weight is 381 g/mol. The second kappa shape index (κ2) is 6.59. The first-order valence-electron chi connectivity index (χ1n) is 7.28. The molecule has 1 aromatic carbocycles. The van der Waals surface area contributed by atoms with Crippen LogP contribution in [0.3, 0.4) is 0 Å². The molecule has 0 radical (unpaired) electrons. The molecule has 0 amide bonds. The van der Waals surface area contributed by atoms with Crippen LogP contribution in [0.4, 0.5) is 0 Å². The topological polar surface area (TPSA) is 55.1 Å². The van der Waals surface area contributed by atoms with Crippen molar-refractivity contribution >= 4 is 40.5 Å². The van der Waals surface area contributed by atoms with Gasteiger partial charge in [0.1, 0.15) is 0 Å². The molecule has 0 saturated carbocycles. The number of hydrogen-bond donors (Lipinski definition) is 1. The van der Waals surface area contributed by atoms with Gasteiger partial charge in [0.05, 0.1) is 21.3 Å². The first-order chi connectivity index (χ1) is 11.4. The largest absolute Gasteiger partial charge is 0.476 e. The van der Waals surface area contributed by atoms with Crippen LogP contribution in [0.5, 0.6) is 0 Å². The van der Waals surface area contributed by atoms with Gasteiger partial charge in [0.2, 0.25) is 0 Å². The second-order valence-electron chi connectivity index (χ2n) is 5.33. The van der Waals surface area contributed by atoms with Crippen LogP contribution in [0.15, 0.2) is 29.6 Å². The van der Waals surface area contributed by atoms with Gasteiger partial charge in [0.15, 0.2) is 5.69 Å². The van der Waals surface area contributed by atoms with E-state index < -0.39 is 5.97 Å². The van der Waals surface area contributed by atoms with E-state index in [1.165, 1.54) is 0 Å². The molecule has 0 aliphatic heterocycles. The lowest BCUT2D eigenvalue weighted by Crippen LogP contribution is -2.03. The standard InChI is InChI=1S/C17H14Cl2N2O2S/c1-3-11-15(17(22)23)20-21(13-5-4-10(18)7-12(13)19)16(11)14-6-9(2)8-24-14/h4-8H,3H2,1-2H3,(H,22,23). The molecule has 0 aliphatic rings. The molecule has 24 heavy (non-hydrogen) atoms. The Labute approximate surface area is 153 Å². The number of carboxylic acids is 1. The molecule has 3 aromatic rings. The maximum Gasteiger partial charge on any atom is 0.356 e. The van der Waals surface area contributed by atoms with Gasteiger partial charge in [-0.3, -0.25) is 0 Å². The van der Waals surface area contributed by atoms with Gasteiger partial charge in [-0.05, 0) is 48.6 Å². The second-order valence-corrected chi connectivity index (χ2v) is 7.09. The monoisotopic (exact) mass is 380 g/mol. The maximum absolute atomic E-state index is 11.6. The zero-order chi connectivity index (χ0) is 17.4. The Balaban J connectivity index is 2.34. The van der Waals surface area contributed by atoms with Crippen LogP contribution in [0.25, 0.3) is 16.3 Å². The van der Waals surface area contributed by atoms with E-state index in [-0.39, 0.29) is 5.69 Å². The summed E-state index contributed by atoms with van der Waals surface area (Å²) in [6, 6.07) is 7.09. The van der Waals surface area contributed by atoms with Crippen molar-refractivity contribution in [1.82, 2.24) is 9.78 Å². The Hall–Kier alpha value is -1.82.